The van der Waals surface area contributed by atoms with Crippen molar-refractivity contribution in [3.63, 3.8) is 0 Å². The Hall–Kier alpha value is 0.250. The van der Waals surface area contributed by atoms with Gasteiger partial charge in [-0.1, -0.05) is 34.8 Å². The largest absolute Gasteiger partial charge is 0.317 e. The number of sulfonamides is 1. The molecule has 120 valence electrons. The minimum absolute atomic E-state index is 0. The second-order valence-electron chi connectivity index (χ2n) is 4.67. The first-order valence-corrected chi connectivity index (χ1v) is 8.75. The molecule has 1 aromatic carbocycles. The molecule has 0 unspecified atom stereocenters. The van der Waals surface area contributed by atoms with Crippen LogP contribution in [-0.2, 0) is 10.0 Å². The van der Waals surface area contributed by atoms with Crippen molar-refractivity contribution < 1.29 is 8.42 Å². The maximum Gasteiger partial charge on any atom is 0.246 e. The van der Waals surface area contributed by atoms with Crippen LogP contribution in [-0.4, -0.2) is 38.9 Å². The Bertz CT molecular complexity index is 578. The van der Waals surface area contributed by atoms with Crippen LogP contribution in [0.4, 0.5) is 0 Å². The predicted molar refractivity (Wildman–Crippen MR) is 89.6 cm³/mol. The van der Waals surface area contributed by atoms with Crippen molar-refractivity contribution in [1.82, 2.24) is 9.62 Å². The van der Waals surface area contributed by atoms with Gasteiger partial charge in [-0.2, -0.15) is 4.31 Å². The first-order valence-electron chi connectivity index (χ1n) is 6.18. The number of nitrogens with zero attached hydrogens (tertiary/aromatic N) is 1. The summed E-state index contributed by atoms with van der Waals surface area (Å²) in [5, 5.41) is 3.58. The van der Waals surface area contributed by atoms with Crippen molar-refractivity contribution in [3.8, 4) is 0 Å². The molecular weight excluding hydrogens is 378 g/mol. The number of benzene rings is 1. The Morgan fingerprint density at radius 2 is 1.62 bits per heavy atom. The van der Waals surface area contributed by atoms with Crippen LogP contribution in [0.5, 0.6) is 0 Å². The van der Waals surface area contributed by atoms with Gasteiger partial charge in [0.2, 0.25) is 10.0 Å². The molecule has 0 spiro atoms. The summed E-state index contributed by atoms with van der Waals surface area (Å²) in [4.78, 5) is -0.0619. The van der Waals surface area contributed by atoms with Crippen molar-refractivity contribution in [1.29, 1.82) is 0 Å². The molecule has 0 amide bonds. The fourth-order valence-corrected chi connectivity index (χ4v) is 5.25. The molecule has 4 nitrogen and oxygen atoms in total. The zero-order chi connectivity index (χ0) is 14.9. The highest BCUT2D eigenvalue weighted by atomic mass is 35.5. The van der Waals surface area contributed by atoms with E-state index >= 15 is 0 Å². The second-order valence-corrected chi connectivity index (χ2v) is 7.79. The zero-order valence-electron chi connectivity index (χ0n) is 11.3. The van der Waals surface area contributed by atoms with Crippen LogP contribution in [0.2, 0.25) is 15.1 Å². The summed E-state index contributed by atoms with van der Waals surface area (Å²) in [7, 11) is -1.81. The maximum atomic E-state index is 12.6. The maximum absolute atomic E-state index is 12.6. The smallest absolute Gasteiger partial charge is 0.246 e. The molecule has 21 heavy (non-hydrogen) atoms. The third-order valence-corrected chi connectivity index (χ3v) is 6.46. The molecule has 0 bridgehead atoms. The topological polar surface area (TPSA) is 49.4 Å². The summed E-state index contributed by atoms with van der Waals surface area (Å²) in [6.07, 6.45) is 1.52. The molecule has 1 aromatic rings. The number of rotatable bonds is 3. The molecule has 0 radical (unpaired) electrons. The van der Waals surface area contributed by atoms with Crippen molar-refractivity contribution in [2.75, 3.05) is 20.1 Å². The molecule has 0 atom stereocenters. The van der Waals surface area contributed by atoms with Gasteiger partial charge in [0.05, 0.1) is 10.0 Å². The average Bonchev–Trinajstić information content (AvgIpc) is 2.37. The van der Waals surface area contributed by atoms with Crippen LogP contribution in [0, 0.1) is 0 Å². The number of hydrogen-bond donors (Lipinski definition) is 1. The highest BCUT2D eigenvalue weighted by molar-refractivity contribution is 7.89. The van der Waals surface area contributed by atoms with E-state index < -0.39 is 10.0 Å². The summed E-state index contributed by atoms with van der Waals surface area (Å²) in [5.74, 6) is 0. The van der Waals surface area contributed by atoms with Gasteiger partial charge in [0, 0.05) is 24.2 Å². The van der Waals surface area contributed by atoms with Crippen LogP contribution in [0.1, 0.15) is 12.8 Å². The van der Waals surface area contributed by atoms with E-state index in [2.05, 4.69) is 5.32 Å². The minimum atomic E-state index is -3.69. The number of piperidine rings is 1. The minimum Gasteiger partial charge on any atom is -0.317 e. The van der Waals surface area contributed by atoms with Crippen LogP contribution < -0.4 is 5.32 Å². The molecule has 1 N–H and O–H groups in total. The van der Waals surface area contributed by atoms with E-state index in [1.54, 1.807) is 0 Å². The molecule has 0 aliphatic carbocycles. The summed E-state index contributed by atoms with van der Waals surface area (Å²) in [6.45, 7) is 0.895. The molecule has 0 saturated carbocycles. The van der Waals surface area contributed by atoms with E-state index in [1.165, 1.54) is 16.4 Å². The van der Waals surface area contributed by atoms with E-state index in [1.807, 2.05) is 7.05 Å². The van der Waals surface area contributed by atoms with Gasteiger partial charge in [-0.15, -0.1) is 12.4 Å². The second kappa shape index (κ2) is 7.68. The van der Waals surface area contributed by atoms with Crippen LogP contribution >= 0.6 is 47.2 Å². The highest BCUT2D eigenvalue weighted by Gasteiger charge is 2.32. The lowest BCUT2D eigenvalue weighted by atomic mass is 10.1. The summed E-state index contributed by atoms with van der Waals surface area (Å²) in [6, 6.07) is 3.13. The van der Waals surface area contributed by atoms with Gasteiger partial charge in [0.15, 0.2) is 0 Å². The summed E-state index contributed by atoms with van der Waals surface area (Å²) in [5.41, 5.74) is 0. The van der Waals surface area contributed by atoms with E-state index in [4.69, 9.17) is 34.8 Å². The summed E-state index contributed by atoms with van der Waals surface area (Å²) >= 11 is 17.8. The van der Waals surface area contributed by atoms with E-state index in [9.17, 15) is 8.42 Å². The molecule has 2 rings (SSSR count). The van der Waals surface area contributed by atoms with Crippen LogP contribution in [0.25, 0.3) is 0 Å². The Morgan fingerprint density at radius 3 is 2.05 bits per heavy atom. The van der Waals surface area contributed by atoms with Crippen molar-refractivity contribution in [2.24, 2.45) is 0 Å². The monoisotopic (exact) mass is 392 g/mol. The van der Waals surface area contributed by atoms with Gasteiger partial charge >= 0.3 is 0 Å². The SMILES string of the molecule is CNC1CCN(S(=O)(=O)c2c(Cl)cc(Cl)cc2Cl)CC1.Cl. The third-order valence-electron chi connectivity index (χ3n) is 3.42. The van der Waals surface area contributed by atoms with Crippen molar-refractivity contribution >= 4 is 57.2 Å². The van der Waals surface area contributed by atoms with Crippen molar-refractivity contribution in [3.05, 3.63) is 27.2 Å². The van der Waals surface area contributed by atoms with Crippen LogP contribution in [0.3, 0.4) is 0 Å². The zero-order valence-corrected chi connectivity index (χ0v) is 15.2. The Balaban J connectivity index is 0.00000220. The number of hydrogen-bond acceptors (Lipinski definition) is 3. The molecule has 0 aromatic heterocycles. The van der Waals surface area contributed by atoms with Crippen molar-refractivity contribution in [2.45, 2.75) is 23.8 Å². The van der Waals surface area contributed by atoms with Gasteiger partial charge in [-0.05, 0) is 32.0 Å². The quantitative estimate of drug-likeness (QED) is 0.855. The fraction of sp³-hybridized carbons (Fsp3) is 0.500. The molecule has 9 heteroatoms. The molecule has 1 fully saturated rings. The lowest BCUT2D eigenvalue weighted by Crippen LogP contribution is -2.44. The van der Waals surface area contributed by atoms with Gasteiger partial charge in [-0.3, -0.25) is 0 Å². The average molecular weight is 394 g/mol. The highest BCUT2D eigenvalue weighted by Crippen LogP contribution is 2.35. The van der Waals surface area contributed by atoms with Gasteiger partial charge in [0.25, 0.3) is 0 Å². The molecule has 1 heterocycles. The van der Waals surface area contributed by atoms with E-state index in [0.717, 1.165) is 12.8 Å². The van der Waals surface area contributed by atoms with E-state index in [0.29, 0.717) is 24.2 Å². The first kappa shape index (κ1) is 19.3. The Kier molecular flexibility index (Phi) is 7.06. The molecule has 1 aliphatic heterocycles. The number of halogens is 4. The van der Waals surface area contributed by atoms with Gasteiger partial charge < -0.3 is 5.32 Å². The number of nitrogens with one attached hydrogen (secondary N) is 1. The lowest BCUT2D eigenvalue weighted by molar-refractivity contribution is 0.298. The lowest BCUT2D eigenvalue weighted by Gasteiger charge is -2.31. The molecule has 1 saturated heterocycles. The Morgan fingerprint density at radius 1 is 1.14 bits per heavy atom. The predicted octanol–water partition coefficient (Wildman–Crippen LogP) is 3.44. The van der Waals surface area contributed by atoms with E-state index in [-0.39, 0.29) is 27.3 Å². The third kappa shape index (κ3) is 4.16. The summed E-state index contributed by atoms with van der Waals surface area (Å²) < 4.78 is 26.7. The molecule has 1 aliphatic rings. The standard InChI is InChI=1S/C12H15Cl3N2O2S.ClH/c1-16-9-2-4-17(5-3-9)20(18,19)12-10(14)6-8(13)7-11(12)15;/h6-7,9,16H,2-5H2,1H3;1H. The Labute approximate surface area is 146 Å². The van der Waals surface area contributed by atoms with Crippen LogP contribution in [0.15, 0.2) is 17.0 Å². The fourth-order valence-electron chi connectivity index (χ4n) is 2.29. The first-order chi connectivity index (χ1) is 9.36. The molecular formula is C12H16Cl4N2O2S. The van der Waals surface area contributed by atoms with Gasteiger partial charge in [-0.25, -0.2) is 8.42 Å². The normalized spacial score (nSPS) is 17.5. The van der Waals surface area contributed by atoms with Gasteiger partial charge in [0.1, 0.15) is 4.90 Å².